The molecule has 1 aliphatic rings. The van der Waals surface area contributed by atoms with Crippen LogP contribution in [0.2, 0.25) is 0 Å². The summed E-state index contributed by atoms with van der Waals surface area (Å²) in [7, 11) is 0. The number of amides is 2. The lowest BCUT2D eigenvalue weighted by atomic mass is 10.2. The zero-order chi connectivity index (χ0) is 22.1. The summed E-state index contributed by atoms with van der Waals surface area (Å²) in [6, 6.07) is 13.4. The summed E-state index contributed by atoms with van der Waals surface area (Å²) >= 11 is 6.52. The van der Waals surface area contributed by atoms with E-state index < -0.39 is 5.82 Å². The summed E-state index contributed by atoms with van der Waals surface area (Å²) in [5.41, 5.74) is 2.46. The Hall–Kier alpha value is -3.43. The molecule has 1 saturated heterocycles. The third-order valence-corrected chi connectivity index (χ3v) is 5.76. The van der Waals surface area contributed by atoms with Crippen LogP contribution in [-0.4, -0.2) is 21.9 Å². The van der Waals surface area contributed by atoms with Gasteiger partial charge < -0.3 is 5.32 Å². The Bertz CT molecular complexity index is 1240. The minimum absolute atomic E-state index is 0.116. The van der Waals surface area contributed by atoms with E-state index in [2.05, 4.69) is 10.3 Å². The van der Waals surface area contributed by atoms with Gasteiger partial charge in [-0.15, -0.1) is 11.3 Å². The van der Waals surface area contributed by atoms with Crippen LogP contribution >= 0.6 is 23.6 Å². The number of halogens is 1. The molecule has 0 unspecified atom stereocenters. The van der Waals surface area contributed by atoms with E-state index in [1.807, 2.05) is 31.2 Å². The van der Waals surface area contributed by atoms with Crippen LogP contribution in [0.5, 0.6) is 0 Å². The van der Waals surface area contributed by atoms with E-state index in [-0.39, 0.29) is 28.3 Å². The number of rotatable bonds is 4. The fraction of sp³-hybridized carbons (Fsp3) is 0.0909. The molecule has 2 amide bonds. The average Bonchev–Trinajstić information content (AvgIpc) is 3.29. The average molecular weight is 453 g/mol. The Morgan fingerprint density at radius 3 is 2.65 bits per heavy atom. The number of carbonyl (C=O) groups excluding carboxylic acids is 2. The number of carbonyl (C=O) groups is 2. The largest absolute Gasteiger partial charge is 0.327 e. The van der Waals surface area contributed by atoms with Crippen molar-refractivity contribution in [3.63, 3.8) is 0 Å². The molecule has 0 radical (unpaired) electrons. The Morgan fingerprint density at radius 1 is 1.23 bits per heavy atom. The molecule has 0 atom stereocenters. The van der Waals surface area contributed by atoms with E-state index in [1.54, 1.807) is 23.6 Å². The molecular weight excluding hydrogens is 435 g/mol. The van der Waals surface area contributed by atoms with Crippen LogP contribution in [0.4, 0.5) is 20.9 Å². The first kappa shape index (κ1) is 20.8. The SMILES string of the molecule is CC(=O)N(c1nc(/C=C2\NC(=S)N(c3ccccc3C)C2=O)cs1)c1ccccc1F. The van der Waals surface area contributed by atoms with Crippen molar-refractivity contribution in [1.82, 2.24) is 10.3 Å². The summed E-state index contributed by atoms with van der Waals surface area (Å²) in [6.07, 6.45) is 1.56. The highest BCUT2D eigenvalue weighted by Gasteiger charge is 2.33. The number of anilines is 3. The molecule has 0 bridgehead atoms. The number of hydrogen-bond donors (Lipinski definition) is 1. The van der Waals surface area contributed by atoms with Gasteiger partial charge in [-0.3, -0.25) is 19.4 Å². The minimum atomic E-state index is -0.528. The lowest BCUT2D eigenvalue weighted by Crippen LogP contribution is -2.30. The number of hydrogen-bond acceptors (Lipinski definition) is 5. The van der Waals surface area contributed by atoms with Crippen molar-refractivity contribution in [3.05, 3.63) is 76.7 Å². The first-order chi connectivity index (χ1) is 14.9. The fourth-order valence-electron chi connectivity index (χ4n) is 3.20. The zero-order valence-electron chi connectivity index (χ0n) is 16.6. The molecule has 3 aromatic rings. The van der Waals surface area contributed by atoms with Gasteiger partial charge in [0.25, 0.3) is 5.91 Å². The normalized spacial score (nSPS) is 14.8. The number of thiocarbonyl (C=S) groups is 1. The molecule has 31 heavy (non-hydrogen) atoms. The van der Waals surface area contributed by atoms with Gasteiger partial charge in [-0.05, 0) is 49.0 Å². The fourth-order valence-corrected chi connectivity index (χ4v) is 4.33. The molecule has 9 heteroatoms. The molecule has 1 fully saturated rings. The molecule has 0 saturated carbocycles. The van der Waals surface area contributed by atoms with E-state index in [1.165, 1.54) is 40.2 Å². The molecule has 2 heterocycles. The van der Waals surface area contributed by atoms with Crippen LogP contribution in [0.25, 0.3) is 6.08 Å². The predicted molar refractivity (Wildman–Crippen MR) is 124 cm³/mol. The highest BCUT2D eigenvalue weighted by molar-refractivity contribution is 7.80. The summed E-state index contributed by atoms with van der Waals surface area (Å²) in [5.74, 6) is -1.20. The van der Waals surface area contributed by atoms with Crippen LogP contribution in [0.15, 0.2) is 59.6 Å². The van der Waals surface area contributed by atoms with Gasteiger partial charge in [0.15, 0.2) is 10.2 Å². The summed E-state index contributed by atoms with van der Waals surface area (Å²) in [6.45, 7) is 3.24. The van der Waals surface area contributed by atoms with Crippen molar-refractivity contribution < 1.29 is 14.0 Å². The van der Waals surface area contributed by atoms with Crippen LogP contribution in [-0.2, 0) is 9.59 Å². The molecule has 4 rings (SSSR count). The van der Waals surface area contributed by atoms with Gasteiger partial charge >= 0.3 is 0 Å². The second kappa shape index (κ2) is 8.37. The monoisotopic (exact) mass is 452 g/mol. The topological polar surface area (TPSA) is 65.5 Å². The van der Waals surface area contributed by atoms with E-state index in [4.69, 9.17) is 12.2 Å². The van der Waals surface area contributed by atoms with Crippen molar-refractivity contribution in [2.75, 3.05) is 9.80 Å². The second-order valence-electron chi connectivity index (χ2n) is 6.78. The van der Waals surface area contributed by atoms with Crippen molar-refractivity contribution in [2.24, 2.45) is 0 Å². The van der Waals surface area contributed by atoms with Crippen LogP contribution in [0.1, 0.15) is 18.2 Å². The molecule has 2 aromatic carbocycles. The van der Waals surface area contributed by atoms with Crippen LogP contribution in [0, 0.1) is 12.7 Å². The maximum absolute atomic E-state index is 14.2. The third kappa shape index (κ3) is 3.97. The first-order valence-corrected chi connectivity index (χ1v) is 10.6. The van der Waals surface area contributed by atoms with Crippen LogP contribution < -0.4 is 15.1 Å². The molecule has 1 aliphatic heterocycles. The minimum Gasteiger partial charge on any atom is -0.327 e. The Morgan fingerprint density at radius 2 is 1.94 bits per heavy atom. The van der Waals surface area contributed by atoms with E-state index in [0.29, 0.717) is 16.5 Å². The highest BCUT2D eigenvalue weighted by Crippen LogP contribution is 2.32. The van der Waals surface area contributed by atoms with E-state index in [9.17, 15) is 14.0 Å². The highest BCUT2D eigenvalue weighted by atomic mass is 32.1. The lowest BCUT2D eigenvalue weighted by Gasteiger charge is -2.18. The maximum Gasteiger partial charge on any atom is 0.281 e. The quantitative estimate of drug-likeness (QED) is 0.465. The summed E-state index contributed by atoms with van der Waals surface area (Å²) in [4.78, 5) is 32.2. The zero-order valence-corrected chi connectivity index (χ0v) is 18.3. The number of thiazole rings is 1. The molecule has 0 aliphatic carbocycles. The van der Waals surface area contributed by atoms with Gasteiger partial charge in [0, 0.05) is 12.3 Å². The lowest BCUT2D eigenvalue weighted by molar-refractivity contribution is -0.116. The molecule has 6 nitrogen and oxygen atoms in total. The van der Waals surface area contributed by atoms with Gasteiger partial charge in [-0.2, -0.15) is 0 Å². The number of nitrogens with one attached hydrogen (secondary N) is 1. The van der Waals surface area contributed by atoms with Gasteiger partial charge in [0.1, 0.15) is 11.5 Å². The van der Waals surface area contributed by atoms with E-state index in [0.717, 1.165) is 5.56 Å². The number of nitrogens with zero attached hydrogens (tertiary/aromatic N) is 3. The summed E-state index contributed by atoms with van der Waals surface area (Å²) < 4.78 is 14.2. The van der Waals surface area contributed by atoms with Crippen molar-refractivity contribution >= 4 is 63.1 Å². The Labute approximate surface area is 187 Å². The maximum atomic E-state index is 14.2. The second-order valence-corrected chi connectivity index (χ2v) is 8.00. The first-order valence-electron chi connectivity index (χ1n) is 9.30. The Balaban J connectivity index is 1.65. The van der Waals surface area contributed by atoms with Gasteiger partial charge in [0.05, 0.1) is 17.1 Å². The molecule has 1 N–H and O–H groups in total. The van der Waals surface area contributed by atoms with Crippen molar-refractivity contribution in [1.29, 1.82) is 0 Å². The number of aromatic nitrogens is 1. The molecule has 156 valence electrons. The van der Waals surface area contributed by atoms with Crippen molar-refractivity contribution in [3.8, 4) is 0 Å². The van der Waals surface area contributed by atoms with E-state index >= 15 is 0 Å². The van der Waals surface area contributed by atoms with Gasteiger partial charge in [-0.1, -0.05) is 30.3 Å². The molecule has 1 aromatic heterocycles. The number of benzene rings is 2. The van der Waals surface area contributed by atoms with Gasteiger partial charge in [0.2, 0.25) is 5.91 Å². The van der Waals surface area contributed by atoms with Crippen molar-refractivity contribution in [2.45, 2.75) is 13.8 Å². The Kier molecular flexibility index (Phi) is 5.62. The third-order valence-electron chi connectivity index (χ3n) is 4.64. The van der Waals surface area contributed by atoms with Crippen LogP contribution in [0.3, 0.4) is 0 Å². The summed E-state index contributed by atoms with van der Waals surface area (Å²) in [5, 5.41) is 5.19. The number of para-hydroxylation sites is 2. The number of aryl methyl sites for hydroxylation is 1. The molecular formula is C22H17FN4O2S2. The standard InChI is InChI=1S/C22H17FN4O2S2/c1-13-7-3-5-9-18(13)27-20(29)17(25-21(27)30)11-15-12-31-22(24-15)26(14(2)28)19-10-6-4-8-16(19)23/h3-12H,1-2H3,(H,25,30)/b17-11-. The smallest absolute Gasteiger partial charge is 0.281 e. The molecule has 0 spiro atoms. The van der Waals surface area contributed by atoms with Gasteiger partial charge in [-0.25, -0.2) is 9.37 Å². The predicted octanol–water partition coefficient (Wildman–Crippen LogP) is 4.54.